The molecule has 8 heteroatoms. The highest BCUT2D eigenvalue weighted by Gasteiger charge is 2.16. The maximum Gasteiger partial charge on any atom is 0.310 e. The number of anilines is 1. The minimum absolute atomic E-state index is 0.0934. The molecule has 1 amide bonds. The third-order valence-electron chi connectivity index (χ3n) is 4.46. The number of nitrogens with one attached hydrogen (secondary N) is 1. The summed E-state index contributed by atoms with van der Waals surface area (Å²) in [5.74, 6) is -0.442. The molecule has 5 nitrogen and oxygen atoms in total. The van der Waals surface area contributed by atoms with Gasteiger partial charge in [0.2, 0.25) is 0 Å². The summed E-state index contributed by atoms with van der Waals surface area (Å²) in [6.07, 6.45) is 0.0934. The van der Waals surface area contributed by atoms with E-state index in [4.69, 9.17) is 44.3 Å². The summed E-state index contributed by atoms with van der Waals surface area (Å²) >= 11 is 18.6. The van der Waals surface area contributed by atoms with Crippen LogP contribution in [-0.2, 0) is 22.6 Å². The van der Waals surface area contributed by atoms with Crippen molar-refractivity contribution in [2.24, 2.45) is 0 Å². The molecule has 0 radical (unpaired) electrons. The number of amides is 1. The van der Waals surface area contributed by atoms with Gasteiger partial charge in [-0.05, 0) is 48.9 Å². The number of hydrogen-bond acceptors (Lipinski definition) is 4. The first-order valence-electron chi connectivity index (χ1n) is 9.78. The van der Waals surface area contributed by atoms with Gasteiger partial charge in [0, 0.05) is 15.6 Å². The van der Waals surface area contributed by atoms with Crippen LogP contribution >= 0.6 is 34.8 Å². The first-order chi connectivity index (χ1) is 15.4. The molecule has 0 aromatic heterocycles. The van der Waals surface area contributed by atoms with E-state index in [1.807, 2.05) is 18.2 Å². The zero-order valence-electron chi connectivity index (χ0n) is 17.2. The second kappa shape index (κ2) is 11.2. The summed E-state index contributed by atoms with van der Waals surface area (Å²) in [4.78, 5) is 24.6. The van der Waals surface area contributed by atoms with Crippen LogP contribution in [0.25, 0.3) is 0 Å². The molecule has 3 aromatic rings. The van der Waals surface area contributed by atoms with Gasteiger partial charge in [-0.15, -0.1) is 0 Å². The first-order valence-corrected chi connectivity index (χ1v) is 10.9. The SMILES string of the molecule is CCOC(=O)Cc1ccc(NC(=O)c2cc(Cl)ccc2OCc2ccccc2Cl)c(Cl)c1. The topological polar surface area (TPSA) is 64.6 Å². The van der Waals surface area contributed by atoms with Gasteiger partial charge in [0.05, 0.1) is 29.3 Å². The Labute approximate surface area is 201 Å². The lowest BCUT2D eigenvalue weighted by Gasteiger charge is -2.14. The molecular formula is C24H20Cl3NO4. The molecule has 3 rings (SSSR count). The fourth-order valence-corrected chi connectivity index (χ4v) is 3.53. The maximum absolute atomic E-state index is 13.0. The van der Waals surface area contributed by atoms with Gasteiger partial charge in [0.15, 0.2) is 0 Å². The van der Waals surface area contributed by atoms with E-state index in [1.54, 1.807) is 43.3 Å². The minimum Gasteiger partial charge on any atom is -0.488 e. The lowest BCUT2D eigenvalue weighted by atomic mass is 10.1. The normalized spacial score (nSPS) is 10.5. The highest BCUT2D eigenvalue weighted by Crippen LogP contribution is 2.28. The summed E-state index contributed by atoms with van der Waals surface area (Å²) in [6, 6.07) is 17.0. The second-order valence-electron chi connectivity index (χ2n) is 6.77. The van der Waals surface area contributed by atoms with E-state index in [-0.39, 0.29) is 24.6 Å². The molecule has 1 N–H and O–H groups in total. The molecule has 0 saturated heterocycles. The number of esters is 1. The van der Waals surface area contributed by atoms with Crippen LogP contribution in [-0.4, -0.2) is 18.5 Å². The van der Waals surface area contributed by atoms with Crippen molar-refractivity contribution in [3.8, 4) is 5.75 Å². The summed E-state index contributed by atoms with van der Waals surface area (Å²) in [6.45, 7) is 2.23. The van der Waals surface area contributed by atoms with Crippen LogP contribution in [0.1, 0.15) is 28.4 Å². The standard InChI is InChI=1S/C24H20Cl3NO4/c1-2-31-23(29)12-15-7-9-21(20(27)11-15)28-24(30)18-13-17(25)8-10-22(18)32-14-16-5-3-4-6-19(16)26/h3-11,13H,2,12,14H2,1H3,(H,28,30). The Kier molecular flexibility index (Phi) is 8.39. The Bertz CT molecular complexity index is 1130. The van der Waals surface area contributed by atoms with Gasteiger partial charge in [-0.3, -0.25) is 9.59 Å². The van der Waals surface area contributed by atoms with Crippen LogP contribution in [0.15, 0.2) is 60.7 Å². The number of benzene rings is 3. The van der Waals surface area contributed by atoms with E-state index in [1.165, 1.54) is 6.07 Å². The van der Waals surface area contributed by atoms with Gasteiger partial charge < -0.3 is 14.8 Å². The average Bonchev–Trinajstić information content (AvgIpc) is 2.76. The molecule has 0 saturated carbocycles. The molecule has 0 heterocycles. The van der Waals surface area contributed by atoms with Crippen LogP contribution in [0.3, 0.4) is 0 Å². The zero-order chi connectivity index (χ0) is 23.1. The van der Waals surface area contributed by atoms with Crippen molar-refractivity contribution in [2.75, 3.05) is 11.9 Å². The third kappa shape index (κ3) is 6.39. The number of halogens is 3. The molecule has 32 heavy (non-hydrogen) atoms. The highest BCUT2D eigenvalue weighted by molar-refractivity contribution is 6.34. The summed E-state index contributed by atoms with van der Waals surface area (Å²) in [5.41, 5.74) is 2.10. The molecule has 0 aliphatic rings. The summed E-state index contributed by atoms with van der Waals surface area (Å²) in [7, 11) is 0. The van der Waals surface area contributed by atoms with Gasteiger partial charge in [0.25, 0.3) is 5.91 Å². The fourth-order valence-electron chi connectivity index (χ4n) is 2.91. The van der Waals surface area contributed by atoms with Gasteiger partial charge in [-0.25, -0.2) is 0 Å². The Hall–Kier alpha value is -2.73. The lowest BCUT2D eigenvalue weighted by Crippen LogP contribution is -2.14. The van der Waals surface area contributed by atoms with Crippen LogP contribution < -0.4 is 10.1 Å². The van der Waals surface area contributed by atoms with Crippen molar-refractivity contribution in [1.29, 1.82) is 0 Å². The van der Waals surface area contributed by atoms with Gasteiger partial charge >= 0.3 is 5.97 Å². The predicted molar refractivity (Wildman–Crippen MR) is 127 cm³/mol. The molecular weight excluding hydrogens is 473 g/mol. The monoisotopic (exact) mass is 491 g/mol. The van der Waals surface area contributed by atoms with Crippen LogP contribution in [0.2, 0.25) is 15.1 Å². The van der Waals surface area contributed by atoms with Gasteiger partial charge in [0.1, 0.15) is 12.4 Å². The van der Waals surface area contributed by atoms with Crippen LogP contribution in [0, 0.1) is 0 Å². The Balaban J connectivity index is 1.75. The van der Waals surface area contributed by atoms with Crippen LogP contribution in [0.5, 0.6) is 5.75 Å². The number of rotatable bonds is 8. The van der Waals surface area contributed by atoms with E-state index >= 15 is 0 Å². The number of hydrogen-bond donors (Lipinski definition) is 1. The second-order valence-corrected chi connectivity index (χ2v) is 8.02. The van der Waals surface area contributed by atoms with Crippen LogP contribution in [0.4, 0.5) is 5.69 Å². The summed E-state index contributed by atoms with van der Waals surface area (Å²) in [5, 5.41) is 4.01. The highest BCUT2D eigenvalue weighted by atomic mass is 35.5. The molecule has 3 aromatic carbocycles. The van der Waals surface area contributed by atoms with Crippen molar-refractivity contribution in [3.63, 3.8) is 0 Å². The van der Waals surface area contributed by atoms with Crippen molar-refractivity contribution >= 4 is 52.4 Å². The Morgan fingerprint density at radius 1 is 0.938 bits per heavy atom. The van der Waals surface area contributed by atoms with Crippen molar-refractivity contribution in [3.05, 3.63) is 92.4 Å². The van der Waals surface area contributed by atoms with E-state index in [9.17, 15) is 9.59 Å². The number of carbonyl (C=O) groups is 2. The predicted octanol–water partition coefficient (Wildman–Crippen LogP) is 6.58. The maximum atomic E-state index is 13.0. The smallest absolute Gasteiger partial charge is 0.310 e. The molecule has 166 valence electrons. The molecule has 0 unspecified atom stereocenters. The number of carbonyl (C=O) groups excluding carboxylic acids is 2. The van der Waals surface area contributed by atoms with E-state index in [0.29, 0.717) is 38.7 Å². The van der Waals surface area contributed by atoms with Crippen molar-refractivity contribution < 1.29 is 19.1 Å². The largest absolute Gasteiger partial charge is 0.488 e. The average molecular weight is 493 g/mol. The Morgan fingerprint density at radius 3 is 2.44 bits per heavy atom. The van der Waals surface area contributed by atoms with E-state index in [2.05, 4.69) is 5.32 Å². The molecule has 0 aliphatic carbocycles. The molecule has 0 bridgehead atoms. The summed E-state index contributed by atoms with van der Waals surface area (Å²) < 4.78 is 10.8. The first kappa shape index (κ1) is 23.9. The third-order valence-corrected chi connectivity index (χ3v) is 5.38. The van der Waals surface area contributed by atoms with E-state index in [0.717, 1.165) is 5.56 Å². The van der Waals surface area contributed by atoms with Crippen molar-refractivity contribution in [2.45, 2.75) is 20.0 Å². The van der Waals surface area contributed by atoms with Crippen molar-refractivity contribution in [1.82, 2.24) is 0 Å². The minimum atomic E-state index is -0.443. The molecule has 0 atom stereocenters. The fraction of sp³-hybridized carbons (Fsp3) is 0.167. The van der Waals surface area contributed by atoms with Gasteiger partial charge in [-0.2, -0.15) is 0 Å². The number of ether oxygens (including phenoxy) is 2. The van der Waals surface area contributed by atoms with E-state index < -0.39 is 5.91 Å². The zero-order valence-corrected chi connectivity index (χ0v) is 19.4. The quantitative estimate of drug-likeness (QED) is 0.361. The Morgan fingerprint density at radius 2 is 1.72 bits per heavy atom. The molecule has 0 aliphatic heterocycles. The lowest BCUT2D eigenvalue weighted by molar-refractivity contribution is -0.142. The molecule has 0 spiro atoms. The molecule has 0 fully saturated rings. The van der Waals surface area contributed by atoms with Gasteiger partial charge in [-0.1, -0.05) is 59.1 Å².